The number of aromatic nitrogens is 1. The van der Waals surface area contributed by atoms with E-state index in [2.05, 4.69) is 22.4 Å². The molecule has 0 saturated carbocycles. The molecule has 5 nitrogen and oxygen atoms in total. The van der Waals surface area contributed by atoms with E-state index in [4.69, 9.17) is 9.47 Å². The van der Waals surface area contributed by atoms with Crippen molar-refractivity contribution in [2.75, 3.05) is 13.2 Å². The van der Waals surface area contributed by atoms with Crippen LogP contribution in [-0.2, 0) is 28.9 Å². The second kappa shape index (κ2) is 8.29. The molecule has 1 aromatic carbocycles. The molecule has 26 heavy (non-hydrogen) atoms. The molecule has 0 unspecified atom stereocenters. The van der Waals surface area contributed by atoms with Gasteiger partial charge in [0, 0.05) is 17.6 Å². The van der Waals surface area contributed by atoms with Gasteiger partial charge < -0.3 is 14.8 Å². The molecule has 1 N–H and O–H groups in total. The van der Waals surface area contributed by atoms with Crippen molar-refractivity contribution < 1.29 is 14.3 Å². The summed E-state index contributed by atoms with van der Waals surface area (Å²) in [5.41, 5.74) is 6.17. The fourth-order valence-corrected chi connectivity index (χ4v) is 4.22. The van der Waals surface area contributed by atoms with E-state index in [-0.39, 0.29) is 18.1 Å². The Labute approximate surface area is 157 Å². The van der Waals surface area contributed by atoms with Crippen molar-refractivity contribution in [2.24, 2.45) is 0 Å². The predicted octanol–water partition coefficient (Wildman–Crippen LogP) is 3.13. The summed E-state index contributed by atoms with van der Waals surface area (Å²) in [7, 11) is 0. The molecule has 1 fully saturated rings. The number of ether oxygens (including phenoxy) is 2. The minimum Gasteiger partial charge on any atom is -0.379 e. The molecular weight excluding hydrogens is 348 g/mol. The van der Waals surface area contributed by atoms with Crippen LogP contribution in [-0.4, -0.2) is 36.3 Å². The quantitative estimate of drug-likeness (QED) is 0.876. The van der Waals surface area contributed by atoms with E-state index < -0.39 is 0 Å². The van der Waals surface area contributed by atoms with Crippen LogP contribution in [0.2, 0.25) is 0 Å². The van der Waals surface area contributed by atoms with E-state index in [1.165, 1.54) is 24.0 Å². The molecular formula is C20H24N2O3S. The maximum absolute atomic E-state index is 12.7. The SMILES string of the molecule is O=C(N[C@@H]1COCC[C@@H]1OCc1cscn1)c1ccc2c(c1)CCCC2. The molecule has 1 amide bonds. The van der Waals surface area contributed by atoms with Gasteiger partial charge in [-0.2, -0.15) is 0 Å². The van der Waals surface area contributed by atoms with Crippen molar-refractivity contribution >= 4 is 17.2 Å². The van der Waals surface area contributed by atoms with E-state index in [1.807, 2.05) is 11.4 Å². The highest BCUT2D eigenvalue weighted by molar-refractivity contribution is 7.07. The molecule has 6 heteroatoms. The molecule has 0 bridgehead atoms. The molecule has 0 spiro atoms. The van der Waals surface area contributed by atoms with E-state index in [1.54, 1.807) is 16.8 Å². The lowest BCUT2D eigenvalue weighted by Crippen LogP contribution is -2.50. The lowest BCUT2D eigenvalue weighted by molar-refractivity contribution is -0.0611. The van der Waals surface area contributed by atoms with Gasteiger partial charge in [-0.1, -0.05) is 6.07 Å². The third kappa shape index (κ3) is 4.14. The summed E-state index contributed by atoms with van der Waals surface area (Å²) < 4.78 is 11.6. The molecule has 2 aliphatic rings. The minimum atomic E-state index is -0.133. The number of benzene rings is 1. The molecule has 1 aromatic heterocycles. The molecule has 2 aromatic rings. The van der Waals surface area contributed by atoms with E-state index in [0.717, 1.165) is 30.5 Å². The Kier molecular flexibility index (Phi) is 5.62. The lowest BCUT2D eigenvalue weighted by atomic mass is 9.90. The zero-order valence-electron chi connectivity index (χ0n) is 14.8. The van der Waals surface area contributed by atoms with Gasteiger partial charge in [-0.25, -0.2) is 4.98 Å². The summed E-state index contributed by atoms with van der Waals surface area (Å²) in [5, 5.41) is 5.10. The maximum Gasteiger partial charge on any atom is 0.251 e. The average Bonchev–Trinajstić information content (AvgIpc) is 3.20. The van der Waals surface area contributed by atoms with Crippen molar-refractivity contribution in [3.8, 4) is 0 Å². The Balaban J connectivity index is 1.39. The number of hydrogen-bond donors (Lipinski definition) is 1. The Hall–Kier alpha value is -1.76. The number of aryl methyl sites for hydroxylation is 2. The van der Waals surface area contributed by atoms with Gasteiger partial charge in [0.05, 0.1) is 36.6 Å². The summed E-state index contributed by atoms with van der Waals surface area (Å²) >= 11 is 1.56. The number of nitrogens with one attached hydrogen (secondary N) is 1. The summed E-state index contributed by atoms with van der Waals surface area (Å²) in [4.78, 5) is 17.0. The van der Waals surface area contributed by atoms with E-state index in [0.29, 0.717) is 19.8 Å². The standard InChI is InChI=1S/C20H24N2O3S/c23-20(16-6-5-14-3-1-2-4-15(14)9-16)22-18-11-24-8-7-19(18)25-10-17-12-26-13-21-17/h5-6,9,12-13,18-19H,1-4,7-8,10-11H2,(H,22,23)/t18-,19+/m1/s1. The summed E-state index contributed by atoms with van der Waals surface area (Å²) in [6.45, 7) is 1.62. The van der Waals surface area contributed by atoms with Crippen molar-refractivity contribution in [3.05, 3.63) is 51.5 Å². The van der Waals surface area contributed by atoms with Crippen LogP contribution in [0.5, 0.6) is 0 Å². The van der Waals surface area contributed by atoms with Crippen LogP contribution in [0.25, 0.3) is 0 Å². The first-order valence-corrected chi connectivity index (χ1v) is 10.2. The first-order valence-electron chi connectivity index (χ1n) is 9.28. The number of fused-ring (bicyclic) bond motifs is 1. The van der Waals surface area contributed by atoms with Crippen molar-refractivity contribution in [3.63, 3.8) is 0 Å². The fraction of sp³-hybridized carbons (Fsp3) is 0.500. The number of nitrogens with zero attached hydrogens (tertiary/aromatic N) is 1. The van der Waals surface area contributed by atoms with Gasteiger partial charge in [0.1, 0.15) is 0 Å². The summed E-state index contributed by atoms with van der Waals surface area (Å²) in [6, 6.07) is 5.97. The lowest BCUT2D eigenvalue weighted by Gasteiger charge is -2.32. The smallest absolute Gasteiger partial charge is 0.251 e. The van der Waals surface area contributed by atoms with Crippen molar-refractivity contribution in [1.82, 2.24) is 10.3 Å². The number of carbonyl (C=O) groups excluding carboxylic acids is 1. The largest absolute Gasteiger partial charge is 0.379 e. The van der Waals surface area contributed by atoms with Gasteiger partial charge in [-0.05, 0) is 55.4 Å². The van der Waals surface area contributed by atoms with Gasteiger partial charge in [0.15, 0.2) is 0 Å². The minimum absolute atomic E-state index is 0.0452. The summed E-state index contributed by atoms with van der Waals surface area (Å²) in [6.07, 6.45) is 5.38. The van der Waals surface area contributed by atoms with Crippen LogP contribution in [0.1, 0.15) is 46.4 Å². The van der Waals surface area contributed by atoms with Gasteiger partial charge in [-0.3, -0.25) is 4.79 Å². The van der Waals surface area contributed by atoms with Crippen LogP contribution < -0.4 is 5.32 Å². The first kappa shape index (κ1) is 17.6. The number of carbonyl (C=O) groups is 1. The van der Waals surface area contributed by atoms with Gasteiger partial charge in [-0.15, -0.1) is 11.3 Å². The third-order valence-electron chi connectivity index (χ3n) is 5.15. The van der Waals surface area contributed by atoms with Crippen LogP contribution in [0.4, 0.5) is 0 Å². The van der Waals surface area contributed by atoms with Gasteiger partial charge in [0.2, 0.25) is 0 Å². The summed E-state index contributed by atoms with van der Waals surface area (Å²) in [5.74, 6) is -0.0452. The second-order valence-corrected chi connectivity index (χ2v) is 7.68. The molecule has 1 aliphatic heterocycles. The highest BCUT2D eigenvalue weighted by Crippen LogP contribution is 2.22. The topological polar surface area (TPSA) is 60.5 Å². The Bertz CT molecular complexity index is 748. The number of thiazole rings is 1. The van der Waals surface area contributed by atoms with Crippen molar-refractivity contribution in [1.29, 1.82) is 0 Å². The number of rotatable bonds is 5. The molecule has 4 rings (SSSR count). The average molecular weight is 372 g/mol. The highest BCUT2D eigenvalue weighted by atomic mass is 32.1. The molecule has 0 radical (unpaired) electrons. The predicted molar refractivity (Wildman–Crippen MR) is 100 cm³/mol. The zero-order chi connectivity index (χ0) is 17.8. The number of amides is 1. The van der Waals surface area contributed by atoms with Crippen LogP contribution in [0, 0.1) is 0 Å². The van der Waals surface area contributed by atoms with Gasteiger partial charge in [0.25, 0.3) is 5.91 Å². The Morgan fingerprint density at radius 1 is 1.31 bits per heavy atom. The molecule has 2 atom stereocenters. The fourth-order valence-electron chi connectivity index (χ4n) is 3.68. The van der Waals surface area contributed by atoms with Crippen LogP contribution in [0.3, 0.4) is 0 Å². The van der Waals surface area contributed by atoms with Gasteiger partial charge >= 0.3 is 0 Å². The molecule has 2 heterocycles. The Morgan fingerprint density at radius 3 is 3.04 bits per heavy atom. The Morgan fingerprint density at radius 2 is 2.19 bits per heavy atom. The van der Waals surface area contributed by atoms with Crippen LogP contribution in [0.15, 0.2) is 29.1 Å². The van der Waals surface area contributed by atoms with Crippen molar-refractivity contribution in [2.45, 2.75) is 50.9 Å². The first-order chi connectivity index (χ1) is 12.8. The third-order valence-corrected chi connectivity index (χ3v) is 5.78. The van der Waals surface area contributed by atoms with E-state index in [9.17, 15) is 4.79 Å². The molecule has 1 aliphatic carbocycles. The maximum atomic E-state index is 12.7. The highest BCUT2D eigenvalue weighted by Gasteiger charge is 2.28. The molecule has 1 saturated heterocycles. The molecule has 138 valence electrons. The second-order valence-electron chi connectivity index (χ2n) is 6.96. The number of hydrogen-bond acceptors (Lipinski definition) is 5. The monoisotopic (exact) mass is 372 g/mol. The van der Waals surface area contributed by atoms with Crippen LogP contribution >= 0.6 is 11.3 Å². The normalized spacial score (nSPS) is 22.6. The zero-order valence-corrected chi connectivity index (χ0v) is 15.6. The van der Waals surface area contributed by atoms with E-state index >= 15 is 0 Å².